The second-order valence-corrected chi connectivity index (χ2v) is 3.74. The van der Waals surface area contributed by atoms with Crippen LogP contribution in [0.2, 0.25) is 0 Å². The molecule has 1 heterocycles. The topological polar surface area (TPSA) is 103 Å². The number of nitrogens with one attached hydrogen (secondary N) is 1. The Bertz CT molecular complexity index is 395. The van der Waals surface area contributed by atoms with Crippen LogP contribution in [0.3, 0.4) is 0 Å². The van der Waals surface area contributed by atoms with Crippen LogP contribution in [0.5, 0.6) is 5.88 Å². The zero-order valence-corrected chi connectivity index (χ0v) is 10.1. The number of primary amides is 1. The van der Waals surface area contributed by atoms with Crippen molar-refractivity contribution in [2.45, 2.75) is 26.3 Å². The highest BCUT2D eigenvalue weighted by molar-refractivity contribution is 5.74. The molecule has 0 aliphatic rings. The van der Waals surface area contributed by atoms with E-state index in [4.69, 9.17) is 16.2 Å². The number of nitrogens with two attached hydrogens (primary N) is 2. The van der Waals surface area contributed by atoms with Crippen molar-refractivity contribution in [1.82, 2.24) is 4.98 Å². The van der Waals surface area contributed by atoms with E-state index in [1.807, 2.05) is 13.8 Å². The summed E-state index contributed by atoms with van der Waals surface area (Å²) in [4.78, 5) is 14.9. The molecule has 1 rings (SSSR count). The molecule has 0 bridgehead atoms. The molecule has 1 aromatic heterocycles. The minimum Gasteiger partial charge on any atom is -0.476 e. The summed E-state index contributed by atoms with van der Waals surface area (Å²) < 4.78 is 5.27. The Hall–Kier alpha value is -1.98. The second-order valence-electron chi connectivity index (χ2n) is 3.74. The zero-order chi connectivity index (χ0) is 12.8. The fraction of sp³-hybridized carbons (Fsp3) is 0.455. The Balaban J connectivity index is 2.71. The summed E-state index contributed by atoms with van der Waals surface area (Å²) in [5, 5.41) is 3.05. The maximum Gasteiger partial charge on any atom is 0.239 e. The molecule has 6 heteroatoms. The van der Waals surface area contributed by atoms with Crippen LogP contribution < -0.4 is 21.5 Å². The van der Waals surface area contributed by atoms with Crippen molar-refractivity contribution in [2.24, 2.45) is 5.73 Å². The average molecular weight is 238 g/mol. The Labute approximate surface area is 100 Å². The van der Waals surface area contributed by atoms with E-state index in [0.717, 1.165) is 0 Å². The molecule has 5 N–H and O–H groups in total. The molecule has 94 valence electrons. The molecule has 0 aliphatic heterocycles. The molecule has 0 spiro atoms. The van der Waals surface area contributed by atoms with Gasteiger partial charge in [-0.3, -0.25) is 4.79 Å². The number of carbonyl (C=O) groups is 1. The smallest absolute Gasteiger partial charge is 0.239 e. The Morgan fingerprint density at radius 1 is 1.59 bits per heavy atom. The van der Waals surface area contributed by atoms with Gasteiger partial charge in [-0.25, -0.2) is 0 Å². The molecule has 17 heavy (non-hydrogen) atoms. The standard InChI is InChI=1S/C11H18N4O2/c1-3-17-11-8(12)4-5-10(15-11)14-7(2)6-9(13)16/h4-5,7H,3,6,12H2,1-2H3,(H2,13,16)(H,14,15). The molecule has 0 fully saturated rings. The third-order valence-corrected chi connectivity index (χ3v) is 2.07. The van der Waals surface area contributed by atoms with Crippen molar-refractivity contribution in [1.29, 1.82) is 0 Å². The van der Waals surface area contributed by atoms with E-state index >= 15 is 0 Å². The average Bonchev–Trinajstić information content (AvgIpc) is 2.22. The number of ether oxygens (including phenoxy) is 1. The monoisotopic (exact) mass is 238 g/mol. The van der Waals surface area contributed by atoms with Crippen LogP contribution >= 0.6 is 0 Å². The van der Waals surface area contributed by atoms with Gasteiger partial charge in [-0.05, 0) is 26.0 Å². The largest absolute Gasteiger partial charge is 0.476 e. The van der Waals surface area contributed by atoms with Gasteiger partial charge in [0, 0.05) is 12.5 Å². The van der Waals surface area contributed by atoms with Crippen LogP contribution in [-0.4, -0.2) is 23.5 Å². The number of nitrogens with zero attached hydrogens (tertiary/aromatic N) is 1. The lowest BCUT2D eigenvalue weighted by Crippen LogP contribution is -2.24. The van der Waals surface area contributed by atoms with E-state index in [0.29, 0.717) is 24.0 Å². The molecule has 6 nitrogen and oxygen atoms in total. The van der Waals surface area contributed by atoms with Gasteiger partial charge in [-0.1, -0.05) is 0 Å². The fourth-order valence-electron chi connectivity index (χ4n) is 1.39. The highest BCUT2D eigenvalue weighted by atomic mass is 16.5. The van der Waals surface area contributed by atoms with Gasteiger partial charge in [-0.2, -0.15) is 4.98 Å². The summed E-state index contributed by atoms with van der Waals surface area (Å²) in [6.45, 7) is 4.21. The first-order valence-electron chi connectivity index (χ1n) is 5.47. The number of amides is 1. The minimum atomic E-state index is -0.356. The number of nitrogen functional groups attached to an aromatic ring is 1. The summed E-state index contributed by atoms with van der Waals surface area (Å²) in [7, 11) is 0. The Kier molecular flexibility index (Phi) is 4.56. The maximum atomic E-state index is 10.7. The molecule has 1 atom stereocenters. The van der Waals surface area contributed by atoms with Crippen molar-refractivity contribution >= 4 is 17.4 Å². The summed E-state index contributed by atoms with van der Waals surface area (Å²) in [5.41, 5.74) is 11.3. The summed E-state index contributed by atoms with van der Waals surface area (Å²) in [5.74, 6) is 0.644. The third-order valence-electron chi connectivity index (χ3n) is 2.07. The van der Waals surface area contributed by atoms with E-state index in [2.05, 4.69) is 10.3 Å². The molecule has 0 saturated carbocycles. The van der Waals surface area contributed by atoms with Gasteiger partial charge < -0.3 is 21.5 Å². The molecular weight excluding hydrogens is 220 g/mol. The summed E-state index contributed by atoms with van der Waals surface area (Å²) in [6.07, 6.45) is 0.246. The minimum absolute atomic E-state index is 0.0851. The summed E-state index contributed by atoms with van der Waals surface area (Å²) >= 11 is 0. The number of pyridine rings is 1. The van der Waals surface area contributed by atoms with Gasteiger partial charge in [0.05, 0.1) is 12.3 Å². The fourth-order valence-corrected chi connectivity index (χ4v) is 1.39. The molecule has 1 amide bonds. The SMILES string of the molecule is CCOc1nc(NC(C)CC(N)=O)ccc1N. The molecule has 0 radical (unpaired) electrons. The van der Waals surface area contributed by atoms with Crippen LogP contribution in [-0.2, 0) is 4.79 Å². The van der Waals surface area contributed by atoms with Gasteiger partial charge in [0.15, 0.2) is 0 Å². The number of hydrogen-bond acceptors (Lipinski definition) is 5. The number of anilines is 2. The highest BCUT2D eigenvalue weighted by Crippen LogP contribution is 2.21. The number of hydrogen-bond donors (Lipinski definition) is 3. The Morgan fingerprint density at radius 3 is 2.88 bits per heavy atom. The van der Waals surface area contributed by atoms with E-state index in [-0.39, 0.29) is 18.4 Å². The van der Waals surface area contributed by atoms with Crippen molar-refractivity contribution in [3.63, 3.8) is 0 Å². The second kappa shape index (κ2) is 5.93. The zero-order valence-electron chi connectivity index (χ0n) is 10.1. The molecule has 0 aliphatic carbocycles. The molecule has 0 saturated heterocycles. The number of aromatic nitrogens is 1. The van der Waals surface area contributed by atoms with Crippen LogP contribution in [0, 0.1) is 0 Å². The first-order chi connectivity index (χ1) is 8.02. The Morgan fingerprint density at radius 2 is 2.29 bits per heavy atom. The van der Waals surface area contributed by atoms with Crippen LogP contribution in [0.4, 0.5) is 11.5 Å². The van der Waals surface area contributed by atoms with E-state index < -0.39 is 0 Å². The van der Waals surface area contributed by atoms with E-state index in [9.17, 15) is 4.79 Å². The summed E-state index contributed by atoms with van der Waals surface area (Å²) in [6, 6.07) is 3.35. The van der Waals surface area contributed by atoms with Gasteiger partial charge in [-0.15, -0.1) is 0 Å². The molecule has 1 unspecified atom stereocenters. The number of carbonyl (C=O) groups excluding carboxylic acids is 1. The lowest BCUT2D eigenvalue weighted by molar-refractivity contribution is -0.118. The predicted octanol–water partition coefficient (Wildman–Crippen LogP) is 0.738. The molecule has 1 aromatic rings. The van der Waals surface area contributed by atoms with Gasteiger partial charge in [0.25, 0.3) is 0 Å². The quantitative estimate of drug-likeness (QED) is 0.678. The third kappa shape index (κ3) is 4.18. The van der Waals surface area contributed by atoms with Crippen LogP contribution in [0.15, 0.2) is 12.1 Å². The van der Waals surface area contributed by atoms with Gasteiger partial charge >= 0.3 is 0 Å². The predicted molar refractivity (Wildman–Crippen MR) is 66.7 cm³/mol. The highest BCUT2D eigenvalue weighted by Gasteiger charge is 2.08. The van der Waals surface area contributed by atoms with Gasteiger partial charge in [0.2, 0.25) is 11.8 Å². The van der Waals surface area contributed by atoms with Crippen molar-refractivity contribution < 1.29 is 9.53 Å². The van der Waals surface area contributed by atoms with Crippen LogP contribution in [0.25, 0.3) is 0 Å². The van der Waals surface area contributed by atoms with Crippen molar-refractivity contribution in [2.75, 3.05) is 17.7 Å². The molecular formula is C11H18N4O2. The van der Waals surface area contributed by atoms with Crippen molar-refractivity contribution in [3.8, 4) is 5.88 Å². The first kappa shape index (κ1) is 13.1. The van der Waals surface area contributed by atoms with E-state index in [1.54, 1.807) is 12.1 Å². The van der Waals surface area contributed by atoms with Gasteiger partial charge in [0.1, 0.15) is 5.82 Å². The maximum absolute atomic E-state index is 10.7. The first-order valence-corrected chi connectivity index (χ1v) is 5.47. The molecule has 0 aromatic carbocycles. The normalized spacial score (nSPS) is 11.9. The van der Waals surface area contributed by atoms with Crippen LogP contribution in [0.1, 0.15) is 20.3 Å². The lowest BCUT2D eigenvalue weighted by Gasteiger charge is -2.14. The van der Waals surface area contributed by atoms with E-state index in [1.165, 1.54) is 0 Å². The van der Waals surface area contributed by atoms with Crippen molar-refractivity contribution in [3.05, 3.63) is 12.1 Å². The number of rotatable bonds is 6. The lowest BCUT2D eigenvalue weighted by atomic mass is 10.2.